The maximum absolute atomic E-state index is 15.5. The lowest BCUT2D eigenvalue weighted by Gasteiger charge is -2.35. The lowest BCUT2D eigenvalue weighted by atomic mass is 9.95. The highest BCUT2D eigenvalue weighted by atomic mass is 35.5. The average Bonchev–Trinajstić information content (AvgIpc) is 3.68. The molecule has 1 unspecified atom stereocenters. The van der Waals surface area contributed by atoms with E-state index in [2.05, 4.69) is 42.2 Å². The zero-order valence-corrected chi connectivity index (χ0v) is 24.0. The Kier molecular flexibility index (Phi) is 6.90. The van der Waals surface area contributed by atoms with Crippen LogP contribution in [0.1, 0.15) is 38.2 Å². The summed E-state index contributed by atoms with van der Waals surface area (Å²) in [6.07, 6.45) is 5.22. The quantitative estimate of drug-likeness (QED) is 0.286. The summed E-state index contributed by atoms with van der Waals surface area (Å²) in [6.45, 7) is 5.42. The lowest BCUT2D eigenvalue weighted by Crippen LogP contribution is -2.50. The fourth-order valence-corrected chi connectivity index (χ4v) is 7.12. The molecule has 2 N–H and O–H groups in total. The number of aromatic amines is 1. The van der Waals surface area contributed by atoms with Crippen molar-refractivity contribution in [2.24, 2.45) is 0 Å². The van der Waals surface area contributed by atoms with Crippen molar-refractivity contribution in [3.05, 3.63) is 36.2 Å². The first-order valence-electron chi connectivity index (χ1n) is 14.5. The van der Waals surface area contributed by atoms with Crippen LogP contribution in [0.2, 0.25) is 0 Å². The van der Waals surface area contributed by atoms with E-state index in [1.165, 1.54) is 0 Å². The highest BCUT2D eigenvalue weighted by molar-refractivity contribution is 6.23. The Morgan fingerprint density at radius 3 is 2.88 bits per heavy atom. The van der Waals surface area contributed by atoms with Gasteiger partial charge in [-0.3, -0.25) is 15.0 Å². The molecule has 0 spiro atoms. The number of nitrogens with one attached hydrogen (secondary N) is 2. The number of hydrogen-bond acceptors (Lipinski definition) is 8. The average molecular weight is 601 g/mol. The molecule has 0 bridgehead atoms. The van der Waals surface area contributed by atoms with Gasteiger partial charge in [0.15, 0.2) is 0 Å². The smallest absolute Gasteiger partial charge is 0.352 e. The van der Waals surface area contributed by atoms with Crippen LogP contribution in [0.5, 0.6) is 6.01 Å². The van der Waals surface area contributed by atoms with Crippen LogP contribution in [-0.2, 0) is 5.38 Å². The molecule has 0 saturated carbocycles. The summed E-state index contributed by atoms with van der Waals surface area (Å²) >= 11 is 5.85. The highest BCUT2D eigenvalue weighted by Gasteiger charge is 2.49. The first kappa shape index (κ1) is 27.6. The molecule has 3 aromatic heterocycles. The van der Waals surface area contributed by atoms with Crippen molar-refractivity contribution in [1.29, 1.82) is 0 Å². The Morgan fingerprint density at radius 2 is 2.05 bits per heavy atom. The first-order chi connectivity index (χ1) is 20.3. The number of benzene rings is 1. The van der Waals surface area contributed by atoms with Gasteiger partial charge in [0, 0.05) is 55.8 Å². The molecule has 3 aliphatic rings. The van der Waals surface area contributed by atoms with Crippen molar-refractivity contribution in [2.45, 2.75) is 55.7 Å². The van der Waals surface area contributed by atoms with E-state index in [0.717, 1.165) is 25.8 Å². The summed E-state index contributed by atoms with van der Waals surface area (Å²) in [4.78, 5) is 18.1. The molecular formula is C29H32ClF3N8O. The Labute approximate surface area is 245 Å². The van der Waals surface area contributed by atoms with Crippen molar-refractivity contribution in [1.82, 2.24) is 35.4 Å². The number of halogens is 4. The number of nitrogens with zero attached hydrogens (tertiary/aromatic N) is 6. The number of ether oxygens (including phenoxy) is 1. The number of alkyl halides is 4. The second kappa shape index (κ2) is 10.5. The van der Waals surface area contributed by atoms with Crippen molar-refractivity contribution < 1.29 is 17.9 Å². The number of H-pyrrole nitrogens is 1. The zero-order valence-electron chi connectivity index (χ0n) is 23.2. The van der Waals surface area contributed by atoms with Crippen molar-refractivity contribution in [3.8, 4) is 17.3 Å². The van der Waals surface area contributed by atoms with Gasteiger partial charge < -0.3 is 15.0 Å². The predicted octanol–water partition coefficient (Wildman–Crippen LogP) is 5.00. The largest absolute Gasteiger partial charge is 0.461 e. The van der Waals surface area contributed by atoms with Crippen molar-refractivity contribution >= 4 is 39.2 Å². The maximum atomic E-state index is 15.5. The third-order valence-corrected chi connectivity index (χ3v) is 9.19. The molecule has 6 heterocycles. The van der Waals surface area contributed by atoms with Crippen LogP contribution in [0.15, 0.2) is 30.6 Å². The fraction of sp³-hybridized carbons (Fsp3) is 0.517. The summed E-state index contributed by atoms with van der Waals surface area (Å²) in [5.74, 6) is 0.466. The molecular weight excluding hydrogens is 569 g/mol. The maximum Gasteiger partial charge on any atom is 0.352 e. The number of aromatic nitrogens is 5. The van der Waals surface area contributed by atoms with E-state index in [4.69, 9.17) is 21.3 Å². The van der Waals surface area contributed by atoms with Crippen LogP contribution >= 0.6 is 11.6 Å². The third kappa shape index (κ3) is 4.73. The molecule has 0 aliphatic carbocycles. The number of rotatable bonds is 7. The van der Waals surface area contributed by atoms with Gasteiger partial charge in [-0.05, 0) is 43.5 Å². The summed E-state index contributed by atoms with van der Waals surface area (Å²) in [6, 6.07) is 5.44. The monoisotopic (exact) mass is 600 g/mol. The van der Waals surface area contributed by atoms with Crippen LogP contribution in [0.25, 0.3) is 33.1 Å². The van der Waals surface area contributed by atoms with Crippen LogP contribution in [0, 0.1) is 0 Å². The van der Waals surface area contributed by atoms with Gasteiger partial charge in [0.1, 0.15) is 18.6 Å². The SMILES string of the molecule is CCC1CN(c2nc(OC[C@]34CCCN3C[C@@H](F)C4)nc3c(C(F)(F)Cl)c(-c4cccc5[nH]ncc45)ncc23)CCN1. The molecule has 1 aromatic carbocycles. The Balaban J connectivity index is 1.39. The van der Waals surface area contributed by atoms with E-state index in [0.29, 0.717) is 60.3 Å². The molecule has 0 amide bonds. The van der Waals surface area contributed by atoms with Gasteiger partial charge in [-0.1, -0.05) is 19.1 Å². The number of hydrogen-bond donors (Lipinski definition) is 2. The van der Waals surface area contributed by atoms with Gasteiger partial charge in [0.05, 0.1) is 39.4 Å². The molecule has 222 valence electrons. The molecule has 3 saturated heterocycles. The molecule has 0 radical (unpaired) electrons. The standard InChI is InChI=1S/C29H32ClF3N8O/c1-2-18-15-40(10-8-34-18)26-21-12-35-24(19-5-3-6-22-20(19)13-36-39-22)23(29(30,32)33)25(21)37-27(38-26)42-16-28-7-4-9-41(28)14-17(31)11-28/h3,5-6,12-13,17-18,34H,2,4,7-11,14-16H2,1H3,(H,36,39)/t17-,18?,28+/m0/s1. The molecule has 9 nitrogen and oxygen atoms in total. The van der Waals surface area contributed by atoms with E-state index in [-0.39, 0.29) is 29.9 Å². The van der Waals surface area contributed by atoms with E-state index < -0.39 is 22.7 Å². The second-order valence-electron chi connectivity index (χ2n) is 11.6. The Morgan fingerprint density at radius 1 is 1.17 bits per heavy atom. The summed E-state index contributed by atoms with van der Waals surface area (Å²) in [5.41, 5.74) is 0.155. The van der Waals surface area contributed by atoms with Crippen LogP contribution in [-0.4, -0.2) is 87.1 Å². The van der Waals surface area contributed by atoms with E-state index in [9.17, 15) is 4.39 Å². The number of piperazine rings is 1. The minimum Gasteiger partial charge on any atom is -0.461 e. The number of anilines is 1. The summed E-state index contributed by atoms with van der Waals surface area (Å²) in [7, 11) is 0. The first-order valence-corrected chi connectivity index (χ1v) is 14.8. The molecule has 3 atom stereocenters. The van der Waals surface area contributed by atoms with E-state index in [1.54, 1.807) is 24.5 Å². The van der Waals surface area contributed by atoms with Crippen LogP contribution < -0.4 is 15.0 Å². The fourth-order valence-electron chi connectivity index (χ4n) is 6.94. The second-order valence-corrected chi connectivity index (χ2v) is 12.1. The topological polar surface area (TPSA) is 95.1 Å². The summed E-state index contributed by atoms with van der Waals surface area (Å²) in [5, 5.41) is 7.62. The molecule has 3 aliphatic heterocycles. The highest BCUT2D eigenvalue weighted by Crippen LogP contribution is 2.45. The van der Waals surface area contributed by atoms with Gasteiger partial charge >= 0.3 is 11.4 Å². The van der Waals surface area contributed by atoms with Gasteiger partial charge in [0.25, 0.3) is 0 Å². The molecule has 3 fully saturated rings. The van der Waals surface area contributed by atoms with Gasteiger partial charge in [-0.25, -0.2) is 4.39 Å². The van der Waals surface area contributed by atoms with Crippen molar-refractivity contribution in [2.75, 3.05) is 44.2 Å². The lowest BCUT2D eigenvalue weighted by molar-refractivity contribution is 0.0965. The molecule has 13 heteroatoms. The number of pyridine rings is 1. The molecule has 42 heavy (non-hydrogen) atoms. The molecule has 4 aromatic rings. The minimum atomic E-state index is -3.81. The van der Waals surface area contributed by atoms with Crippen molar-refractivity contribution in [3.63, 3.8) is 0 Å². The van der Waals surface area contributed by atoms with Crippen LogP contribution in [0.3, 0.4) is 0 Å². The Hall–Kier alpha value is -3.22. The Bertz CT molecular complexity index is 1630. The minimum absolute atomic E-state index is 0.00784. The summed E-state index contributed by atoms with van der Waals surface area (Å²) < 4.78 is 51.6. The van der Waals surface area contributed by atoms with Gasteiger partial charge in [0.2, 0.25) is 0 Å². The van der Waals surface area contributed by atoms with E-state index in [1.807, 2.05) is 6.07 Å². The van der Waals surface area contributed by atoms with Gasteiger partial charge in [-0.15, -0.1) is 0 Å². The predicted molar refractivity (Wildman–Crippen MR) is 155 cm³/mol. The third-order valence-electron chi connectivity index (χ3n) is 9.00. The zero-order chi connectivity index (χ0) is 29.1. The normalized spacial score (nSPS) is 25.0. The van der Waals surface area contributed by atoms with E-state index >= 15 is 8.78 Å². The number of fused-ring (bicyclic) bond motifs is 3. The van der Waals surface area contributed by atoms with Gasteiger partial charge in [-0.2, -0.15) is 23.8 Å². The van der Waals surface area contributed by atoms with Crippen LogP contribution in [0.4, 0.5) is 19.0 Å². The molecule has 7 rings (SSSR count).